The molecule has 4 nitrogen and oxygen atoms in total. The predicted molar refractivity (Wildman–Crippen MR) is 113 cm³/mol. The van der Waals surface area contributed by atoms with Crippen LogP contribution in [0.3, 0.4) is 0 Å². The van der Waals surface area contributed by atoms with E-state index in [1.54, 1.807) is 4.68 Å². The van der Waals surface area contributed by atoms with Gasteiger partial charge in [0.25, 0.3) is 0 Å². The van der Waals surface area contributed by atoms with Crippen LogP contribution in [0.25, 0.3) is 0 Å². The molecule has 0 unspecified atom stereocenters. The van der Waals surface area contributed by atoms with Crippen LogP contribution in [0.15, 0.2) is 24.3 Å². The number of halogens is 1. The molecule has 0 saturated carbocycles. The summed E-state index contributed by atoms with van der Waals surface area (Å²) in [5, 5.41) is 5.20. The van der Waals surface area contributed by atoms with Gasteiger partial charge in [0.15, 0.2) is 0 Å². The van der Waals surface area contributed by atoms with Crippen LogP contribution in [-0.4, -0.2) is 52.8 Å². The van der Waals surface area contributed by atoms with Crippen molar-refractivity contribution in [2.75, 3.05) is 33.2 Å². The van der Waals surface area contributed by atoms with Crippen LogP contribution in [0.4, 0.5) is 0 Å². The minimum atomic E-state index is 0.733. The number of likely N-dealkylation sites (tertiary alicyclic amines) is 1. The second kappa shape index (κ2) is 9.22. The lowest BCUT2D eigenvalue weighted by atomic mass is 9.96. The molecule has 3 rings (SSSR count). The van der Waals surface area contributed by atoms with E-state index in [0.29, 0.717) is 0 Å². The first-order valence-electron chi connectivity index (χ1n) is 10.1. The molecule has 0 N–H and O–H groups in total. The van der Waals surface area contributed by atoms with Crippen LogP contribution in [-0.2, 0) is 20.0 Å². The molecule has 2 heterocycles. The number of hydrogen-bond acceptors (Lipinski definition) is 3. The number of hydrogen-bond donors (Lipinski definition) is 0. The van der Waals surface area contributed by atoms with Crippen LogP contribution in [0, 0.1) is 19.8 Å². The molecule has 1 aromatic heterocycles. The molecule has 1 atom stereocenters. The molecule has 1 aliphatic rings. The van der Waals surface area contributed by atoms with Crippen molar-refractivity contribution in [3.8, 4) is 0 Å². The molecule has 2 aromatic rings. The molecule has 27 heavy (non-hydrogen) atoms. The van der Waals surface area contributed by atoms with E-state index in [0.717, 1.165) is 41.8 Å². The van der Waals surface area contributed by atoms with E-state index in [4.69, 9.17) is 11.6 Å². The van der Waals surface area contributed by atoms with E-state index in [1.807, 2.05) is 14.0 Å². The van der Waals surface area contributed by atoms with Crippen LogP contribution in [0.5, 0.6) is 0 Å². The Labute approximate surface area is 169 Å². The van der Waals surface area contributed by atoms with Crippen LogP contribution in [0.2, 0.25) is 5.15 Å². The Hall–Kier alpha value is -1.36. The third-order valence-corrected chi connectivity index (χ3v) is 6.30. The smallest absolute Gasteiger partial charge is 0.131 e. The lowest BCUT2D eigenvalue weighted by molar-refractivity contribution is 0.142. The summed E-state index contributed by atoms with van der Waals surface area (Å²) < 4.78 is 1.77. The van der Waals surface area contributed by atoms with Crippen molar-refractivity contribution >= 4 is 11.6 Å². The van der Waals surface area contributed by atoms with Crippen molar-refractivity contribution in [1.82, 2.24) is 19.6 Å². The van der Waals surface area contributed by atoms with E-state index in [-0.39, 0.29) is 0 Å². The fourth-order valence-corrected chi connectivity index (χ4v) is 4.54. The number of rotatable bonds is 7. The number of aromatic nitrogens is 2. The Balaban J connectivity index is 1.49. The van der Waals surface area contributed by atoms with Crippen molar-refractivity contribution < 1.29 is 0 Å². The SMILES string of the molecule is Cc1ccccc1CCN1CCC[C@H](CN(C)Cc2c(C)nn(C)c2Cl)C1. The van der Waals surface area contributed by atoms with Crippen molar-refractivity contribution in [1.29, 1.82) is 0 Å². The monoisotopic (exact) mass is 388 g/mol. The molecule has 5 heteroatoms. The second-order valence-corrected chi connectivity index (χ2v) is 8.52. The fourth-order valence-electron chi connectivity index (χ4n) is 4.30. The summed E-state index contributed by atoms with van der Waals surface area (Å²) in [5.74, 6) is 0.733. The summed E-state index contributed by atoms with van der Waals surface area (Å²) in [7, 11) is 4.11. The molecule has 0 bridgehead atoms. The molecular formula is C22H33ClN4. The fraction of sp³-hybridized carbons (Fsp3) is 0.591. The molecule has 1 aliphatic heterocycles. The standard InChI is InChI=1S/C22H33ClN4/c1-17-8-5-6-10-20(17)11-13-27-12-7-9-19(15-27)14-25(3)16-21-18(2)24-26(4)22(21)23/h5-6,8,10,19H,7,9,11-16H2,1-4H3/t19-/m1/s1. The summed E-state index contributed by atoms with van der Waals surface area (Å²) in [6, 6.07) is 8.77. The van der Waals surface area contributed by atoms with Gasteiger partial charge in [0, 0.05) is 38.8 Å². The molecule has 1 aromatic carbocycles. The molecule has 148 valence electrons. The number of aryl methyl sites for hydroxylation is 3. The highest BCUT2D eigenvalue weighted by molar-refractivity contribution is 6.30. The first-order valence-corrected chi connectivity index (χ1v) is 10.4. The van der Waals surface area contributed by atoms with Gasteiger partial charge in [-0.3, -0.25) is 4.68 Å². The van der Waals surface area contributed by atoms with E-state index in [2.05, 4.69) is 53.1 Å². The van der Waals surface area contributed by atoms with Gasteiger partial charge in [-0.1, -0.05) is 35.9 Å². The quantitative estimate of drug-likeness (QED) is 0.714. The zero-order valence-corrected chi connectivity index (χ0v) is 18.0. The first kappa shape index (κ1) is 20.4. The van der Waals surface area contributed by atoms with Gasteiger partial charge in [-0.25, -0.2) is 0 Å². The zero-order valence-electron chi connectivity index (χ0n) is 17.2. The van der Waals surface area contributed by atoms with Gasteiger partial charge in [-0.05, 0) is 63.7 Å². The molecule has 1 fully saturated rings. The largest absolute Gasteiger partial charge is 0.303 e. The Bertz CT molecular complexity index is 755. The lowest BCUT2D eigenvalue weighted by Crippen LogP contribution is -2.40. The minimum Gasteiger partial charge on any atom is -0.303 e. The highest BCUT2D eigenvalue weighted by Gasteiger charge is 2.22. The normalized spacial score (nSPS) is 18.4. The number of nitrogens with zero attached hydrogens (tertiary/aromatic N) is 4. The van der Waals surface area contributed by atoms with Crippen LogP contribution < -0.4 is 0 Å². The van der Waals surface area contributed by atoms with Gasteiger partial charge in [0.1, 0.15) is 5.15 Å². The molecular weight excluding hydrogens is 356 g/mol. The van der Waals surface area contributed by atoms with Gasteiger partial charge < -0.3 is 9.80 Å². The second-order valence-electron chi connectivity index (χ2n) is 8.16. The summed E-state index contributed by atoms with van der Waals surface area (Å²) in [6.07, 6.45) is 3.78. The van der Waals surface area contributed by atoms with Crippen LogP contribution >= 0.6 is 11.6 Å². The zero-order chi connectivity index (χ0) is 19.4. The first-order chi connectivity index (χ1) is 12.9. The maximum Gasteiger partial charge on any atom is 0.131 e. The summed E-state index contributed by atoms with van der Waals surface area (Å²) in [6.45, 7) is 9.86. The van der Waals surface area contributed by atoms with Gasteiger partial charge >= 0.3 is 0 Å². The van der Waals surface area contributed by atoms with Crippen molar-refractivity contribution in [2.45, 2.75) is 39.7 Å². The van der Waals surface area contributed by atoms with Gasteiger partial charge in [-0.15, -0.1) is 0 Å². The van der Waals surface area contributed by atoms with Gasteiger partial charge in [-0.2, -0.15) is 5.10 Å². The minimum absolute atomic E-state index is 0.733. The third kappa shape index (κ3) is 5.34. The van der Waals surface area contributed by atoms with Crippen molar-refractivity contribution in [3.05, 3.63) is 51.8 Å². The highest BCUT2D eigenvalue weighted by Crippen LogP contribution is 2.22. The molecule has 0 amide bonds. The third-order valence-electron chi connectivity index (χ3n) is 5.83. The van der Waals surface area contributed by atoms with E-state index < -0.39 is 0 Å². The Morgan fingerprint density at radius 2 is 2.04 bits per heavy atom. The Kier molecular flexibility index (Phi) is 6.96. The Morgan fingerprint density at radius 1 is 1.26 bits per heavy atom. The number of piperidine rings is 1. The maximum atomic E-state index is 6.40. The predicted octanol–water partition coefficient (Wildman–Crippen LogP) is 4.08. The molecule has 0 spiro atoms. The molecule has 0 radical (unpaired) electrons. The van der Waals surface area contributed by atoms with Gasteiger partial charge in [0.2, 0.25) is 0 Å². The van der Waals surface area contributed by atoms with Crippen LogP contribution in [0.1, 0.15) is 35.2 Å². The molecule has 0 aliphatic carbocycles. The lowest BCUT2D eigenvalue weighted by Gasteiger charge is -2.35. The summed E-state index contributed by atoms with van der Waals surface area (Å²) in [5.41, 5.74) is 5.10. The van der Waals surface area contributed by atoms with Crippen molar-refractivity contribution in [2.24, 2.45) is 13.0 Å². The topological polar surface area (TPSA) is 24.3 Å². The number of benzene rings is 1. The Morgan fingerprint density at radius 3 is 2.74 bits per heavy atom. The average molecular weight is 389 g/mol. The van der Waals surface area contributed by atoms with E-state index in [1.165, 1.54) is 43.6 Å². The average Bonchev–Trinajstić information content (AvgIpc) is 2.87. The van der Waals surface area contributed by atoms with E-state index in [9.17, 15) is 0 Å². The van der Waals surface area contributed by atoms with Gasteiger partial charge in [0.05, 0.1) is 5.69 Å². The molecule has 1 saturated heterocycles. The van der Waals surface area contributed by atoms with Crippen molar-refractivity contribution in [3.63, 3.8) is 0 Å². The summed E-state index contributed by atoms with van der Waals surface area (Å²) >= 11 is 6.40. The summed E-state index contributed by atoms with van der Waals surface area (Å²) in [4.78, 5) is 5.06. The maximum absolute atomic E-state index is 6.40. The van der Waals surface area contributed by atoms with E-state index >= 15 is 0 Å². The highest BCUT2D eigenvalue weighted by atomic mass is 35.5.